The average Bonchev–Trinajstić information content (AvgIpc) is 2.31. The number of benzene rings is 1. The smallest absolute Gasteiger partial charge is 0.146 e. The molecule has 0 unspecified atom stereocenters. The molecule has 0 aliphatic heterocycles. The molecule has 0 saturated heterocycles. The molecule has 1 aromatic heterocycles. The zero-order chi connectivity index (χ0) is 13.1. The maximum Gasteiger partial charge on any atom is 0.146 e. The molecule has 3 nitrogen and oxygen atoms in total. The summed E-state index contributed by atoms with van der Waals surface area (Å²) in [5.41, 5.74) is 0.481. The summed E-state index contributed by atoms with van der Waals surface area (Å²) >= 11 is 5.91. The zero-order valence-corrected chi connectivity index (χ0v) is 10.9. The van der Waals surface area contributed by atoms with E-state index >= 15 is 0 Å². The molecular formula is C13H13ClFN3. The van der Waals surface area contributed by atoms with Gasteiger partial charge in [0.15, 0.2) is 0 Å². The van der Waals surface area contributed by atoms with Crippen LogP contribution < -0.4 is 4.90 Å². The van der Waals surface area contributed by atoms with Crippen LogP contribution in [0.4, 0.5) is 15.9 Å². The third-order valence-corrected chi connectivity index (χ3v) is 2.72. The lowest BCUT2D eigenvalue weighted by Crippen LogP contribution is -2.19. The Kier molecular flexibility index (Phi) is 3.77. The lowest BCUT2D eigenvalue weighted by atomic mass is 10.2. The summed E-state index contributed by atoms with van der Waals surface area (Å²) in [5, 5.41) is 0.354. The Morgan fingerprint density at radius 3 is 2.61 bits per heavy atom. The highest BCUT2D eigenvalue weighted by atomic mass is 35.5. The Labute approximate surface area is 110 Å². The normalized spacial score (nSPS) is 10.4. The van der Waals surface area contributed by atoms with Crippen molar-refractivity contribution < 1.29 is 4.39 Å². The van der Waals surface area contributed by atoms with Crippen molar-refractivity contribution in [2.75, 3.05) is 11.4 Å². The van der Waals surface area contributed by atoms with Gasteiger partial charge in [-0.05, 0) is 26.0 Å². The van der Waals surface area contributed by atoms with E-state index in [-0.39, 0.29) is 5.82 Å². The fourth-order valence-electron chi connectivity index (χ4n) is 1.78. The van der Waals surface area contributed by atoms with E-state index in [0.717, 1.165) is 0 Å². The van der Waals surface area contributed by atoms with Crippen LogP contribution in [0.2, 0.25) is 5.15 Å². The van der Waals surface area contributed by atoms with Crippen molar-refractivity contribution in [2.45, 2.75) is 13.8 Å². The van der Waals surface area contributed by atoms with Crippen LogP contribution in [0.3, 0.4) is 0 Å². The topological polar surface area (TPSA) is 29.0 Å². The van der Waals surface area contributed by atoms with E-state index in [0.29, 0.717) is 29.0 Å². The van der Waals surface area contributed by atoms with Gasteiger partial charge in [0.1, 0.15) is 22.6 Å². The highest BCUT2D eigenvalue weighted by molar-refractivity contribution is 6.29. The number of nitrogens with zero attached hydrogens (tertiary/aromatic N) is 3. The molecule has 2 aromatic rings. The predicted molar refractivity (Wildman–Crippen MR) is 70.9 cm³/mol. The standard InChI is InChI=1S/C13H13ClFN3/c1-3-18(11-7-5-4-6-10(11)15)13-8-12(14)16-9(2)17-13/h4-8H,3H2,1-2H3. The summed E-state index contributed by atoms with van der Waals surface area (Å²) in [4.78, 5) is 10.0. The third kappa shape index (κ3) is 2.59. The van der Waals surface area contributed by atoms with E-state index in [9.17, 15) is 4.39 Å². The Bertz CT molecular complexity index is 539. The summed E-state index contributed by atoms with van der Waals surface area (Å²) in [7, 11) is 0. The van der Waals surface area contributed by atoms with Crippen molar-refractivity contribution in [3.8, 4) is 0 Å². The first-order valence-corrected chi connectivity index (χ1v) is 6.03. The number of aromatic nitrogens is 2. The molecule has 0 atom stereocenters. The number of anilines is 2. The minimum Gasteiger partial charge on any atom is -0.324 e. The maximum absolute atomic E-state index is 13.8. The second-order valence-electron chi connectivity index (χ2n) is 3.79. The molecule has 0 aliphatic carbocycles. The second-order valence-corrected chi connectivity index (χ2v) is 4.18. The van der Waals surface area contributed by atoms with Crippen LogP contribution in [0, 0.1) is 12.7 Å². The molecule has 0 aliphatic rings. The Balaban J connectivity index is 2.48. The molecule has 18 heavy (non-hydrogen) atoms. The monoisotopic (exact) mass is 265 g/mol. The Morgan fingerprint density at radius 2 is 2.00 bits per heavy atom. The van der Waals surface area contributed by atoms with E-state index in [1.165, 1.54) is 6.07 Å². The van der Waals surface area contributed by atoms with Crippen LogP contribution in [0.25, 0.3) is 0 Å². The van der Waals surface area contributed by atoms with Gasteiger partial charge in [0.2, 0.25) is 0 Å². The van der Waals surface area contributed by atoms with Crippen molar-refractivity contribution in [3.05, 3.63) is 47.1 Å². The van der Waals surface area contributed by atoms with Gasteiger partial charge >= 0.3 is 0 Å². The molecule has 94 valence electrons. The van der Waals surface area contributed by atoms with E-state index in [2.05, 4.69) is 9.97 Å². The van der Waals surface area contributed by atoms with Gasteiger partial charge in [-0.1, -0.05) is 23.7 Å². The SMILES string of the molecule is CCN(c1cc(Cl)nc(C)n1)c1ccccc1F. The van der Waals surface area contributed by atoms with Gasteiger partial charge in [0.25, 0.3) is 0 Å². The number of rotatable bonds is 3. The van der Waals surface area contributed by atoms with Crippen LogP contribution >= 0.6 is 11.6 Å². The van der Waals surface area contributed by atoms with E-state index in [1.807, 2.05) is 6.92 Å². The predicted octanol–water partition coefficient (Wildman–Crippen LogP) is 3.74. The van der Waals surface area contributed by atoms with E-state index in [4.69, 9.17) is 11.6 Å². The fourth-order valence-corrected chi connectivity index (χ4v) is 2.00. The quantitative estimate of drug-likeness (QED) is 0.792. The summed E-state index contributed by atoms with van der Waals surface area (Å²) in [6.07, 6.45) is 0. The van der Waals surface area contributed by atoms with Gasteiger partial charge in [-0.3, -0.25) is 0 Å². The lowest BCUT2D eigenvalue weighted by molar-refractivity contribution is 0.625. The van der Waals surface area contributed by atoms with Gasteiger partial charge < -0.3 is 4.90 Å². The highest BCUT2D eigenvalue weighted by Crippen LogP contribution is 2.27. The molecule has 0 fully saturated rings. The summed E-state index contributed by atoms with van der Waals surface area (Å²) in [5.74, 6) is 0.874. The van der Waals surface area contributed by atoms with Crippen molar-refractivity contribution in [3.63, 3.8) is 0 Å². The number of aryl methyl sites for hydroxylation is 1. The first-order chi connectivity index (χ1) is 8.61. The molecule has 1 heterocycles. The molecule has 0 bridgehead atoms. The van der Waals surface area contributed by atoms with Crippen molar-refractivity contribution >= 4 is 23.1 Å². The van der Waals surface area contributed by atoms with Gasteiger partial charge in [0.05, 0.1) is 5.69 Å². The number of para-hydroxylation sites is 1. The molecule has 0 radical (unpaired) electrons. The summed E-state index contributed by atoms with van der Waals surface area (Å²) in [6.45, 7) is 4.27. The largest absolute Gasteiger partial charge is 0.324 e. The summed E-state index contributed by atoms with van der Waals surface area (Å²) < 4.78 is 13.8. The minimum atomic E-state index is -0.285. The van der Waals surface area contributed by atoms with Gasteiger partial charge in [-0.15, -0.1) is 0 Å². The van der Waals surface area contributed by atoms with Crippen molar-refractivity contribution in [1.29, 1.82) is 0 Å². The first-order valence-electron chi connectivity index (χ1n) is 5.65. The fraction of sp³-hybridized carbons (Fsp3) is 0.231. The minimum absolute atomic E-state index is 0.285. The number of hydrogen-bond acceptors (Lipinski definition) is 3. The van der Waals surface area contributed by atoms with Crippen LogP contribution in [-0.2, 0) is 0 Å². The van der Waals surface area contributed by atoms with Gasteiger partial charge in [0, 0.05) is 12.6 Å². The zero-order valence-electron chi connectivity index (χ0n) is 10.2. The molecule has 1 aromatic carbocycles. The maximum atomic E-state index is 13.8. The molecule has 0 amide bonds. The van der Waals surface area contributed by atoms with E-state index < -0.39 is 0 Å². The number of halogens is 2. The first kappa shape index (κ1) is 12.8. The number of hydrogen-bond donors (Lipinski definition) is 0. The van der Waals surface area contributed by atoms with Crippen LogP contribution in [0.15, 0.2) is 30.3 Å². The Morgan fingerprint density at radius 1 is 1.28 bits per heavy atom. The molecule has 0 saturated carbocycles. The Hall–Kier alpha value is -1.68. The summed E-state index contributed by atoms with van der Waals surface area (Å²) in [6, 6.07) is 8.21. The highest BCUT2D eigenvalue weighted by Gasteiger charge is 2.13. The third-order valence-electron chi connectivity index (χ3n) is 2.53. The van der Waals surface area contributed by atoms with Crippen molar-refractivity contribution in [1.82, 2.24) is 9.97 Å². The van der Waals surface area contributed by atoms with Crippen molar-refractivity contribution in [2.24, 2.45) is 0 Å². The lowest BCUT2D eigenvalue weighted by Gasteiger charge is -2.22. The molecule has 2 rings (SSSR count). The average molecular weight is 266 g/mol. The van der Waals surface area contributed by atoms with E-state index in [1.54, 1.807) is 36.1 Å². The molecule has 5 heteroatoms. The molecule has 0 N–H and O–H groups in total. The second kappa shape index (κ2) is 5.31. The van der Waals surface area contributed by atoms with Gasteiger partial charge in [-0.2, -0.15) is 0 Å². The van der Waals surface area contributed by atoms with Crippen LogP contribution in [0.1, 0.15) is 12.7 Å². The van der Waals surface area contributed by atoms with Gasteiger partial charge in [-0.25, -0.2) is 14.4 Å². The van der Waals surface area contributed by atoms with Crippen LogP contribution in [-0.4, -0.2) is 16.5 Å². The van der Waals surface area contributed by atoms with Crippen LogP contribution in [0.5, 0.6) is 0 Å². The molecular weight excluding hydrogens is 253 g/mol. The molecule has 0 spiro atoms.